The highest BCUT2D eigenvalue weighted by Gasteiger charge is 2.20. The molecular formula is C14H19F2NO3S. The molecular weight excluding hydrogens is 300 g/mol. The van der Waals surface area contributed by atoms with Crippen LogP contribution in [0.25, 0.3) is 0 Å². The van der Waals surface area contributed by atoms with Gasteiger partial charge in [-0.05, 0) is 19.1 Å². The van der Waals surface area contributed by atoms with Crippen molar-refractivity contribution in [2.24, 2.45) is 0 Å². The molecule has 0 saturated heterocycles. The molecule has 118 valence electrons. The van der Waals surface area contributed by atoms with Crippen LogP contribution in [0, 0.1) is 11.6 Å². The average Bonchev–Trinajstić information content (AvgIpc) is 2.42. The number of rotatable bonds is 8. The van der Waals surface area contributed by atoms with Crippen molar-refractivity contribution in [1.29, 1.82) is 0 Å². The number of amides is 1. The molecule has 1 amide bonds. The largest absolute Gasteiger partial charge is 0.388 e. The van der Waals surface area contributed by atoms with Crippen LogP contribution in [0.15, 0.2) is 23.1 Å². The number of halogens is 2. The summed E-state index contributed by atoms with van der Waals surface area (Å²) in [4.78, 5) is 11.9. The van der Waals surface area contributed by atoms with Gasteiger partial charge in [-0.25, -0.2) is 8.78 Å². The van der Waals surface area contributed by atoms with Crippen molar-refractivity contribution in [2.45, 2.75) is 23.8 Å². The highest BCUT2D eigenvalue weighted by molar-refractivity contribution is 8.00. The van der Waals surface area contributed by atoms with E-state index in [9.17, 15) is 18.7 Å². The lowest BCUT2D eigenvalue weighted by molar-refractivity contribution is -0.119. The van der Waals surface area contributed by atoms with Crippen molar-refractivity contribution in [1.82, 2.24) is 5.32 Å². The third-order valence-electron chi connectivity index (χ3n) is 2.76. The van der Waals surface area contributed by atoms with Gasteiger partial charge in [0.25, 0.3) is 0 Å². The lowest BCUT2D eigenvalue weighted by atomic mass is 10.0. The van der Waals surface area contributed by atoms with Crippen molar-refractivity contribution in [3.63, 3.8) is 0 Å². The standard InChI is InChI=1S/C14H19F2NO3S/c1-14(19,5-6-20-2)9-17-13(18)8-21-12-4-3-10(15)7-11(12)16/h3-4,7,19H,5-6,8-9H2,1-2H3,(H,17,18). The van der Waals surface area contributed by atoms with Gasteiger partial charge in [-0.2, -0.15) is 0 Å². The number of benzene rings is 1. The molecule has 0 saturated carbocycles. The van der Waals surface area contributed by atoms with Gasteiger partial charge >= 0.3 is 0 Å². The van der Waals surface area contributed by atoms with Gasteiger partial charge in [0.05, 0.1) is 11.4 Å². The van der Waals surface area contributed by atoms with Crippen LogP contribution in [0.5, 0.6) is 0 Å². The molecule has 4 nitrogen and oxygen atoms in total. The van der Waals surface area contributed by atoms with Crippen LogP contribution in [0.3, 0.4) is 0 Å². The maximum absolute atomic E-state index is 13.4. The van der Waals surface area contributed by atoms with Gasteiger partial charge in [0.15, 0.2) is 0 Å². The molecule has 0 aliphatic heterocycles. The summed E-state index contributed by atoms with van der Waals surface area (Å²) < 4.78 is 31.0. The van der Waals surface area contributed by atoms with Crippen LogP contribution in [0.1, 0.15) is 13.3 Å². The molecule has 7 heteroatoms. The number of nitrogens with one attached hydrogen (secondary N) is 1. The molecule has 0 fully saturated rings. The van der Waals surface area contributed by atoms with Crippen molar-refractivity contribution in [3.8, 4) is 0 Å². The number of hydrogen-bond acceptors (Lipinski definition) is 4. The molecule has 1 rings (SSSR count). The fourth-order valence-electron chi connectivity index (χ4n) is 1.49. The minimum absolute atomic E-state index is 0.0110. The molecule has 1 aromatic carbocycles. The fraction of sp³-hybridized carbons (Fsp3) is 0.500. The molecule has 1 unspecified atom stereocenters. The number of aliphatic hydroxyl groups is 1. The van der Waals surface area contributed by atoms with E-state index in [1.165, 1.54) is 13.2 Å². The van der Waals surface area contributed by atoms with Crippen LogP contribution >= 0.6 is 11.8 Å². The molecule has 1 aromatic rings. The number of methoxy groups -OCH3 is 1. The lowest BCUT2D eigenvalue weighted by Crippen LogP contribution is -2.42. The Morgan fingerprint density at radius 3 is 2.81 bits per heavy atom. The van der Waals surface area contributed by atoms with Crippen molar-refractivity contribution in [2.75, 3.05) is 26.0 Å². The van der Waals surface area contributed by atoms with Crippen LogP contribution in [0.2, 0.25) is 0 Å². The van der Waals surface area contributed by atoms with Crippen LogP contribution in [-0.2, 0) is 9.53 Å². The molecule has 0 aliphatic rings. The Bertz CT molecular complexity index is 483. The van der Waals surface area contributed by atoms with Gasteiger partial charge in [-0.1, -0.05) is 0 Å². The third kappa shape index (κ3) is 6.88. The van der Waals surface area contributed by atoms with E-state index in [1.807, 2.05) is 0 Å². The molecule has 0 aliphatic carbocycles. The second-order valence-corrected chi connectivity index (χ2v) is 5.90. The monoisotopic (exact) mass is 319 g/mol. The van der Waals surface area contributed by atoms with E-state index in [4.69, 9.17) is 4.74 Å². The van der Waals surface area contributed by atoms with Crippen molar-refractivity contribution >= 4 is 17.7 Å². The van der Waals surface area contributed by atoms with E-state index < -0.39 is 17.2 Å². The quantitative estimate of drug-likeness (QED) is 0.719. The summed E-state index contributed by atoms with van der Waals surface area (Å²) in [5, 5.41) is 12.5. The molecule has 2 N–H and O–H groups in total. The van der Waals surface area contributed by atoms with E-state index in [0.29, 0.717) is 13.0 Å². The predicted molar refractivity (Wildman–Crippen MR) is 77.2 cm³/mol. The fourth-order valence-corrected chi connectivity index (χ4v) is 2.24. The van der Waals surface area contributed by atoms with Crippen LogP contribution < -0.4 is 5.32 Å². The first-order valence-electron chi connectivity index (χ1n) is 6.40. The minimum Gasteiger partial charge on any atom is -0.388 e. The third-order valence-corrected chi connectivity index (χ3v) is 3.81. The number of carbonyl (C=O) groups excluding carboxylic acids is 1. The smallest absolute Gasteiger partial charge is 0.230 e. The predicted octanol–water partition coefficient (Wildman–Crippen LogP) is 1.96. The molecule has 0 aromatic heterocycles. The van der Waals surface area contributed by atoms with Gasteiger partial charge in [-0.15, -0.1) is 11.8 Å². The molecule has 1 atom stereocenters. The summed E-state index contributed by atoms with van der Waals surface area (Å²) >= 11 is 0.972. The Hall–Kier alpha value is -1.18. The Morgan fingerprint density at radius 1 is 1.48 bits per heavy atom. The Balaban J connectivity index is 2.37. The second kappa shape index (κ2) is 8.31. The summed E-state index contributed by atoms with van der Waals surface area (Å²) in [5.74, 6) is -1.69. The molecule has 0 heterocycles. The first-order valence-corrected chi connectivity index (χ1v) is 7.38. The Kier molecular flexibility index (Phi) is 7.07. The lowest BCUT2D eigenvalue weighted by Gasteiger charge is -2.23. The highest BCUT2D eigenvalue weighted by Crippen LogP contribution is 2.22. The molecule has 21 heavy (non-hydrogen) atoms. The molecule has 0 spiro atoms. The van der Waals surface area contributed by atoms with Crippen molar-refractivity contribution < 1.29 is 23.4 Å². The number of carbonyl (C=O) groups is 1. The molecule has 0 bridgehead atoms. The topological polar surface area (TPSA) is 58.6 Å². The van der Waals surface area contributed by atoms with Crippen LogP contribution in [0.4, 0.5) is 8.78 Å². The SMILES string of the molecule is COCCC(C)(O)CNC(=O)CSc1ccc(F)cc1F. The first-order chi connectivity index (χ1) is 9.84. The number of thioether (sulfide) groups is 1. The van der Waals surface area contributed by atoms with Crippen molar-refractivity contribution in [3.05, 3.63) is 29.8 Å². The highest BCUT2D eigenvalue weighted by atomic mass is 32.2. The minimum atomic E-state index is -1.06. The number of ether oxygens (including phenoxy) is 1. The second-order valence-electron chi connectivity index (χ2n) is 4.88. The zero-order valence-electron chi connectivity index (χ0n) is 12.0. The Morgan fingerprint density at radius 2 is 2.19 bits per heavy atom. The zero-order valence-corrected chi connectivity index (χ0v) is 12.8. The number of hydrogen-bond donors (Lipinski definition) is 2. The summed E-state index contributed by atoms with van der Waals surface area (Å²) in [6.07, 6.45) is 0.392. The van der Waals surface area contributed by atoms with Crippen LogP contribution in [-0.4, -0.2) is 42.6 Å². The van der Waals surface area contributed by atoms with Gasteiger partial charge in [-0.3, -0.25) is 4.79 Å². The van der Waals surface area contributed by atoms with E-state index in [2.05, 4.69) is 5.32 Å². The average molecular weight is 319 g/mol. The van der Waals surface area contributed by atoms with Gasteiger partial charge in [0.2, 0.25) is 5.91 Å². The van der Waals surface area contributed by atoms with Gasteiger partial charge in [0, 0.05) is 37.6 Å². The van der Waals surface area contributed by atoms with E-state index in [-0.39, 0.29) is 23.1 Å². The zero-order chi connectivity index (χ0) is 15.9. The van der Waals surface area contributed by atoms with E-state index in [0.717, 1.165) is 23.9 Å². The molecule has 0 radical (unpaired) electrons. The van der Waals surface area contributed by atoms with Gasteiger partial charge in [0.1, 0.15) is 11.6 Å². The summed E-state index contributed by atoms with van der Waals surface area (Å²) in [5.41, 5.74) is -1.06. The summed E-state index contributed by atoms with van der Waals surface area (Å²) in [7, 11) is 1.53. The summed E-state index contributed by atoms with van der Waals surface area (Å²) in [6.45, 7) is 2.07. The maximum Gasteiger partial charge on any atom is 0.230 e. The maximum atomic E-state index is 13.4. The Labute approximate surface area is 126 Å². The normalized spacial score (nSPS) is 13.8. The summed E-state index contributed by atoms with van der Waals surface area (Å²) in [6, 6.07) is 3.20. The van der Waals surface area contributed by atoms with E-state index >= 15 is 0 Å². The van der Waals surface area contributed by atoms with E-state index in [1.54, 1.807) is 6.92 Å². The first kappa shape index (κ1) is 17.9. The van der Waals surface area contributed by atoms with Gasteiger partial charge < -0.3 is 15.2 Å².